The van der Waals surface area contributed by atoms with Gasteiger partial charge in [-0.05, 0) is 12.1 Å². The molecule has 0 atom stereocenters. The Morgan fingerprint density at radius 1 is 1.27 bits per heavy atom. The molecule has 0 amide bonds. The van der Waals surface area contributed by atoms with Crippen LogP contribution in [-0.4, -0.2) is 38.0 Å². The molecule has 0 saturated carbocycles. The number of hydrogen-bond acceptors (Lipinski definition) is 2. The Morgan fingerprint density at radius 3 is 2.20 bits per heavy atom. The number of nitrogens with zero attached hydrogens (tertiary/aromatic N) is 3. The second-order valence-electron chi connectivity index (χ2n) is 4.52. The molecule has 1 rings (SSSR count). The number of ketones is 1. The first-order valence-electron chi connectivity index (χ1n) is 4.71. The summed E-state index contributed by atoms with van der Waals surface area (Å²) in [4.78, 5) is 14.8. The van der Waals surface area contributed by atoms with Crippen molar-refractivity contribution >= 4 is 11.5 Å². The first kappa shape index (κ1) is 11.3. The molecule has 0 N–H and O–H groups in total. The van der Waals surface area contributed by atoms with E-state index in [1.54, 1.807) is 24.3 Å². The van der Waals surface area contributed by atoms with Crippen LogP contribution in [0.3, 0.4) is 0 Å². The van der Waals surface area contributed by atoms with Crippen molar-refractivity contribution in [3.8, 4) is 0 Å². The Hall–Kier alpha value is -1.73. The van der Waals surface area contributed by atoms with Crippen molar-refractivity contribution in [2.24, 2.45) is 0 Å². The Bertz CT molecular complexity index is 395. The highest BCUT2D eigenvalue weighted by Gasteiger charge is 2.16. The van der Waals surface area contributed by atoms with Crippen LogP contribution < -0.4 is 0 Å². The van der Waals surface area contributed by atoms with Gasteiger partial charge in [0.15, 0.2) is 4.98 Å². The van der Waals surface area contributed by atoms with E-state index >= 15 is 0 Å². The van der Waals surface area contributed by atoms with Crippen LogP contribution in [0, 0.1) is 5.39 Å². The van der Waals surface area contributed by atoms with E-state index in [9.17, 15) is 4.79 Å². The van der Waals surface area contributed by atoms with Crippen LogP contribution in [0.1, 0.15) is 10.4 Å². The molecule has 0 aliphatic rings. The van der Waals surface area contributed by atoms with Gasteiger partial charge in [-0.3, -0.25) is 4.79 Å². The minimum atomic E-state index is 0.0898. The summed E-state index contributed by atoms with van der Waals surface area (Å²) in [7, 11) is 5.90. The second-order valence-corrected chi connectivity index (χ2v) is 4.52. The van der Waals surface area contributed by atoms with Crippen molar-refractivity contribution in [1.29, 1.82) is 5.39 Å². The van der Waals surface area contributed by atoms with E-state index in [4.69, 9.17) is 5.39 Å². The van der Waals surface area contributed by atoms with Gasteiger partial charge in [-0.25, -0.2) is 0 Å². The standard InChI is InChI=1S/C11H15N3O/c1-14(2,3)8-11(15)9-4-6-10(13-12)7-5-9/h4-7H,8H2,1-3H3/q+2. The van der Waals surface area contributed by atoms with Crippen molar-refractivity contribution in [2.75, 3.05) is 27.7 Å². The van der Waals surface area contributed by atoms with Crippen molar-refractivity contribution in [3.05, 3.63) is 34.8 Å². The van der Waals surface area contributed by atoms with Gasteiger partial charge < -0.3 is 4.48 Å². The van der Waals surface area contributed by atoms with Gasteiger partial charge in [0.1, 0.15) is 6.54 Å². The van der Waals surface area contributed by atoms with Gasteiger partial charge in [-0.1, -0.05) is 0 Å². The largest absolute Gasteiger partial charge is 0.385 e. The minimum Gasteiger partial charge on any atom is -0.324 e. The van der Waals surface area contributed by atoms with E-state index in [1.807, 2.05) is 21.1 Å². The number of carbonyl (C=O) groups excluding carboxylic acids is 1. The Balaban J connectivity index is 2.80. The molecule has 1 aromatic rings. The molecule has 0 saturated heterocycles. The normalized spacial score (nSPS) is 10.8. The van der Waals surface area contributed by atoms with Gasteiger partial charge in [0.2, 0.25) is 11.2 Å². The number of Topliss-reactive ketones (excluding diaryl/α,β-unsaturated/α-hetero) is 1. The number of benzene rings is 1. The lowest BCUT2D eigenvalue weighted by Gasteiger charge is -2.22. The van der Waals surface area contributed by atoms with E-state index < -0.39 is 0 Å². The quantitative estimate of drug-likeness (QED) is 0.430. The fourth-order valence-electron chi connectivity index (χ4n) is 1.24. The molecule has 0 aromatic heterocycles. The molecule has 4 nitrogen and oxygen atoms in total. The highest BCUT2D eigenvalue weighted by atomic mass is 16.1. The van der Waals surface area contributed by atoms with Crippen molar-refractivity contribution in [2.45, 2.75) is 0 Å². The van der Waals surface area contributed by atoms with Gasteiger partial charge in [0.05, 0.1) is 21.1 Å². The number of rotatable bonds is 3. The lowest BCUT2D eigenvalue weighted by molar-refractivity contribution is -0.861. The maximum Gasteiger partial charge on any atom is 0.385 e. The predicted molar refractivity (Wildman–Crippen MR) is 58.4 cm³/mol. The minimum absolute atomic E-state index is 0.0898. The Morgan fingerprint density at radius 2 is 1.80 bits per heavy atom. The van der Waals surface area contributed by atoms with Crippen molar-refractivity contribution in [1.82, 2.24) is 0 Å². The first-order chi connectivity index (χ1) is 6.92. The molecule has 4 heteroatoms. The zero-order valence-corrected chi connectivity index (χ0v) is 9.27. The van der Waals surface area contributed by atoms with Crippen LogP contribution in [-0.2, 0) is 0 Å². The highest BCUT2D eigenvalue weighted by molar-refractivity contribution is 5.97. The molecule has 15 heavy (non-hydrogen) atoms. The molecule has 0 radical (unpaired) electrons. The predicted octanol–water partition coefficient (Wildman–Crippen LogP) is 2.06. The van der Waals surface area contributed by atoms with E-state index in [1.165, 1.54) is 0 Å². The molecule has 0 fully saturated rings. The summed E-state index contributed by atoms with van der Waals surface area (Å²) in [6.07, 6.45) is 0. The monoisotopic (exact) mass is 205 g/mol. The van der Waals surface area contributed by atoms with E-state index in [0.717, 1.165) is 0 Å². The Labute approximate surface area is 89.3 Å². The van der Waals surface area contributed by atoms with Gasteiger partial charge in [-0.2, -0.15) is 0 Å². The molecule has 0 spiro atoms. The van der Waals surface area contributed by atoms with Crippen LogP contribution in [0.5, 0.6) is 0 Å². The molecule has 1 aromatic carbocycles. The van der Waals surface area contributed by atoms with Crippen LogP contribution in [0.4, 0.5) is 5.69 Å². The van der Waals surface area contributed by atoms with E-state index in [0.29, 0.717) is 22.3 Å². The van der Waals surface area contributed by atoms with Crippen LogP contribution in [0.15, 0.2) is 24.3 Å². The summed E-state index contributed by atoms with van der Waals surface area (Å²) >= 11 is 0. The molecule has 0 aliphatic carbocycles. The molecular formula is C11H15N3O+2. The van der Waals surface area contributed by atoms with E-state index in [2.05, 4.69) is 4.98 Å². The third kappa shape index (κ3) is 3.49. The molecule has 0 aliphatic heterocycles. The third-order valence-corrected chi connectivity index (χ3v) is 1.92. The van der Waals surface area contributed by atoms with Gasteiger partial charge in [0.25, 0.3) is 0 Å². The van der Waals surface area contributed by atoms with Crippen LogP contribution >= 0.6 is 0 Å². The maximum absolute atomic E-state index is 11.8. The average Bonchev–Trinajstić information content (AvgIpc) is 2.15. The summed E-state index contributed by atoms with van der Waals surface area (Å²) in [5.41, 5.74) is 1.10. The zero-order chi connectivity index (χ0) is 11.5. The zero-order valence-electron chi connectivity index (χ0n) is 9.27. The smallest absolute Gasteiger partial charge is 0.324 e. The van der Waals surface area contributed by atoms with Crippen molar-refractivity contribution < 1.29 is 9.28 Å². The molecular weight excluding hydrogens is 190 g/mol. The number of likely N-dealkylation sites (N-methyl/N-ethyl adjacent to an activating group) is 1. The number of diazo groups is 1. The fourth-order valence-corrected chi connectivity index (χ4v) is 1.24. The summed E-state index contributed by atoms with van der Waals surface area (Å²) in [6.45, 7) is 0.454. The average molecular weight is 205 g/mol. The number of carbonyl (C=O) groups is 1. The number of hydrogen-bond donors (Lipinski definition) is 0. The lowest BCUT2D eigenvalue weighted by Crippen LogP contribution is -2.39. The lowest BCUT2D eigenvalue weighted by atomic mass is 10.1. The number of quaternary nitrogens is 1. The van der Waals surface area contributed by atoms with Crippen molar-refractivity contribution in [3.63, 3.8) is 0 Å². The molecule has 78 valence electrons. The molecule has 0 unspecified atom stereocenters. The highest BCUT2D eigenvalue weighted by Crippen LogP contribution is 2.13. The SMILES string of the molecule is C[N+](C)(C)CC(=O)c1ccc([N+]#N)cc1. The Kier molecular flexibility index (Phi) is 3.17. The first-order valence-corrected chi connectivity index (χ1v) is 4.71. The van der Waals surface area contributed by atoms with Gasteiger partial charge >= 0.3 is 5.69 Å². The summed E-state index contributed by atoms with van der Waals surface area (Å²) in [6, 6.07) is 6.58. The van der Waals surface area contributed by atoms with Gasteiger partial charge in [0, 0.05) is 17.7 Å². The summed E-state index contributed by atoms with van der Waals surface area (Å²) in [5, 5.41) is 8.49. The van der Waals surface area contributed by atoms with Crippen LogP contribution in [0.2, 0.25) is 0 Å². The maximum atomic E-state index is 11.8. The molecule has 0 bridgehead atoms. The third-order valence-electron chi connectivity index (χ3n) is 1.92. The van der Waals surface area contributed by atoms with Gasteiger partial charge in [-0.15, -0.1) is 0 Å². The molecule has 0 heterocycles. The second kappa shape index (κ2) is 4.20. The fraction of sp³-hybridized carbons (Fsp3) is 0.364. The van der Waals surface area contributed by atoms with Crippen LogP contribution in [0.25, 0.3) is 4.98 Å². The van der Waals surface area contributed by atoms with E-state index in [-0.39, 0.29) is 5.78 Å². The summed E-state index contributed by atoms with van der Waals surface area (Å²) in [5.74, 6) is 0.0898. The summed E-state index contributed by atoms with van der Waals surface area (Å²) < 4.78 is 0.602. The topological polar surface area (TPSA) is 45.2 Å².